The molecule has 2 rings (SSSR count). The smallest absolute Gasteiger partial charge is 0.325 e. The second-order valence-corrected chi connectivity index (χ2v) is 4.27. The average Bonchev–Trinajstić information content (AvgIpc) is 2.44. The van der Waals surface area contributed by atoms with E-state index in [2.05, 4.69) is 10.3 Å². The lowest BCUT2D eigenvalue weighted by atomic mass is 10.1. The molecule has 1 aromatic heterocycles. The maximum atomic E-state index is 11.6. The largest absolute Gasteiger partial charge is 0.483 e. The molecule has 2 aromatic rings. The number of aliphatic carboxylic acids is 1. The van der Waals surface area contributed by atoms with Crippen molar-refractivity contribution in [3.8, 4) is 5.75 Å². The van der Waals surface area contributed by atoms with Gasteiger partial charge in [0.2, 0.25) is 0 Å². The fourth-order valence-corrected chi connectivity index (χ4v) is 1.71. The Hall–Kier alpha value is -2.63. The van der Waals surface area contributed by atoms with Crippen LogP contribution in [0.2, 0.25) is 0 Å². The SMILES string of the molecule is CC(NC(=O)COc1cccc2cnccc12)C(=O)O. The Morgan fingerprint density at radius 3 is 2.95 bits per heavy atom. The number of carbonyl (C=O) groups is 2. The molecule has 1 aromatic carbocycles. The summed E-state index contributed by atoms with van der Waals surface area (Å²) in [6, 6.07) is 6.29. The van der Waals surface area contributed by atoms with E-state index in [9.17, 15) is 9.59 Å². The number of rotatable bonds is 5. The molecule has 6 nitrogen and oxygen atoms in total. The first-order valence-corrected chi connectivity index (χ1v) is 6.05. The van der Waals surface area contributed by atoms with Crippen LogP contribution in [-0.4, -0.2) is 34.6 Å². The Kier molecular flexibility index (Phi) is 4.14. The summed E-state index contributed by atoms with van der Waals surface area (Å²) in [7, 11) is 0. The molecular weight excluding hydrogens is 260 g/mol. The van der Waals surface area contributed by atoms with Crippen molar-refractivity contribution in [2.75, 3.05) is 6.61 Å². The highest BCUT2D eigenvalue weighted by Gasteiger charge is 2.14. The Morgan fingerprint density at radius 1 is 1.40 bits per heavy atom. The van der Waals surface area contributed by atoms with E-state index in [4.69, 9.17) is 9.84 Å². The molecule has 1 amide bonds. The number of nitrogens with zero attached hydrogens (tertiary/aromatic N) is 1. The number of hydrogen-bond acceptors (Lipinski definition) is 4. The van der Waals surface area contributed by atoms with E-state index in [0.717, 1.165) is 10.8 Å². The molecule has 0 aliphatic heterocycles. The number of nitrogens with one attached hydrogen (secondary N) is 1. The van der Waals surface area contributed by atoms with Crippen LogP contribution < -0.4 is 10.1 Å². The van der Waals surface area contributed by atoms with Crippen molar-refractivity contribution in [1.82, 2.24) is 10.3 Å². The van der Waals surface area contributed by atoms with Gasteiger partial charge in [0, 0.05) is 23.2 Å². The number of amides is 1. The Labute approximate surface area is 115 Å². The Bertz CT molecular complexity index is 637. The summed E-state index contributed by atoms with van der Waals surface area (Å²) in [5.41, 5.74) is 0. The second-order valence-electron chi connectivity index (χ2n) is 4.27. The normalized spacial score (nSPS) is 11.8. The van der Waals surface area contributed by atoms with Gasteiger partial charge in [-0.05, 0) is 19.1 Å². The molecule has 0 bridgehead atoms. The summed E-state index contributed by atoms with van der Waals surface area (Å²) in [4.78, 5) is 26.2. The molecule has 0 fully saturated rings. The first kappa shape index (κ1) is 13.8. The maximum absolute atomic E-state index is 11.6. The molecule has 6 heteroatoms. The minimum Gasteiger partial charge on any atom is -0.483 e. The second kappa shape index (κ2) is 6.01. The van der Waals surface area contributed by atoms with Crippen molar-refractivity contribution in [3.05, 3.63) is 36.7 Å². The molecule has 104 valence electrons. The molecule has 20 heavy (non-hydrogen) atoms. The van der Waals surface area contributed by atoms with Crippen LogP contribution in [0.1, 0.15) is 6.92 Å². The summed E-state index contributed by atoms with van der Waals surface area (Å²) in [6.07, 6.45) is 3.34. The zero-order valence-corrected chi connectivity index (χ0v) is 10.9. The third-order valence-corrected chi connectivity index (χ3v) is 2.75. The van der Waals surface area contributed by atoms with Gasteiger partial charge in [-0.3, -0.25) is 14.6 Å². The van der Waals surface area contributed by atoms with Gasteiger partial charge >= 0.3 is 5.97 Å². The van der Waals surface area contributed by atoms with Crippen LogP contribution in [0.25, 0.3) is 10.8 Å². The minimum atomic E-state index is -1.09. The summed E-state index contributed by atoms with van der Waals surface area (Å²) >= 11 is 0. The molecule has 0 spiro atoms. The molecule has 0 aliphatic carbocycles. The third-order valence-electron chi connectivity index (χ3n) is 2.75. The Morgan fingerprint density at radius 2 is 2.20 bits per heavy atom. The molecule has 0 saturated heterocycles. The number of pyridine rings is 1. The van der Waals surface area contributed by atoms with Gasteiger partial charge in [0.15, 0.2) is 6.61 Å². The number of hydrogen-bond donors (Lipinski definition) is 2. The standard InChI is InChI=1S/C14H14N2O4/c1-9(14(18)19)16-13(17)8-20-12-4-2-3-10-7-15-6-5-11(10)12/h2-7,9H,8H2,1H3,(H,16,17)(H,18,19). The van der Waals surface area contributed by atoms with E-state index in [1.807, 2.05) is 6.07 Å². The molecule has 2 N–H and O–H groups in total. The quantitative estimate of drug-likeness (QED) is 0.855. The highest BCUT2D eigenvalue weighted by molar-refractivity contribution is 5.88. The van der Waals surface area contributed by atoms with Crippen LogP contribution in [0.15, 0.2) is 36.7 Å². The fraction of sp³-hybridized carbons (Fsp3) is 0.214. The van der Waals surface area contributed by atoms with Crippen molar-refractivity contribution in [1.29, 1.82) is 0 Å². The molecule has 1 heterocycles. The molecule has 0 aliphatic rings. The average molecular weight is 274 g/mol. The number of aromatic nitrogens is 1. The van der Waals surface area contributed by atoms with Crippen molar-refractivity contribution in [2.24, 2.45) is 0 Å². The topological polar surface area (TPSA) is 88.5 Å². The highest BCUT2D eigenvalue weighted by atomic mass is 16.5. The number of fused-ring (bicyclic) bond motifs is 1. The van der Waals surface area contributed by atoms with Gasteiger partial charge in [0.25, 0.3) is 5.91 Å². The van der Waals surface area contributed by atoms with Crippen LogP contribution in [-0.2, 0) is 9.59 Å². The first-order valence-electron chi connectivity index (χ1n) is 6.05. The number of benzene rings is 1. The molecule has 0 saturated carbocycles. The maximum Gasteiger partial charge on any atom is 0.325 e. The summed E-state index contributed by atoms with van der Waals surface area (Å²) in [5.74, 6) is -1.01. The van der Waals surface area contributed by atoms with Gasteiger partial charge in [0.1, 0.15) is 11.8 Å². The van der Waals surface area contributed by atoms with E-state index in [0.29, 0.717) is 5.75 Å². The van der Waals surface area contributed by atoms with Gasteiger partial charge in [-0.1, -0.05) is 12.1 Å². The van der Waals surface area contributed by atoms with E-state index in [1.165, 1.54) is 6.92 Å². The zero-order chi connectivity index (χ0) is 14.5. The van der Waals surface area contributed by atoms with E-state index in [1.54, 1.807) is 30.6 Å². The van der Waals surface area contributed by atoms with Gasteiger partial charge in [-0.15, -0.1) is 0 Å². The molecule has 1 atom stereocenters. The van der Waals surface area contributed by atoms with E-state index >= 15 is 0 Å². The summed E-state index contributed by atoms with van der Waals surface area (Å²) < 4.78 is 5.43. The molecule has 1 unspecified atom stereocenters. The van der Waals surface area contributed by atoms with Gasteiger partial charge in [-0.25, -0.2) is 0 Å². The lowest BCUT2D eigenvalue weighted by molar-refractivity contribution is -0.141. The number of ether oxygens (including phenoxy) is 1. The minimum absolute atomic E-state index is 0.237. The number of carbonyl (C=O) groups excluding carboxylic acids is 1. The van der Waals surface area contributed by atoms with E-state index in [-0.39, 0.29) is 6.61 Å². The lowest BCUT2D eigenvalue weighted by Gasteiger charge is -2.11. The zero-order valence-electron chi connectivity index (χ0n) is 10.9. The van der Waals surface area contributed by atoms with Crippen LogP contribution in [0.5, 0.6) is 5.75 Å². The number of carboxylic acid groups (broad SMARTS) is 1. The number of carboxylic acids is 1. The van der Waals surface area contributed by atoms with Gasteiger partial charge in [0.05, 0.1) is 0 Å². The first-order chi connectivity index (χ1) is 9.58. The third kappa shape index (κ3) is 3.23. The monoisotopic (exact) mass is 274 g/mol. The van der Waals surface area contributed by atoms with Crippen LogP contribution in [0.4, 0.5) is 0 Å². The Balaban J connectivity index is 2.03. The lowest BCUT2D eigenvalue weighted by Crippen LogP contribution is -2.40. The van der Waals surface area contributed by atoms with Crippen LogP contribution in [0.3, 0.4) is 0 Å². The van der Waals surface area contributed by atoms with Gasteiger partial charge in [-0.2, -0.15) is 0 Å². The van der Waals surface area contributed by atoms with Crippen LogP contribution in [0, 0.1) is 0 Å². The van der Waals surface area contributed by atoms with Crippen molar-refractivity contribution in [3.63, 3.8) is 0 Å². The van der Waals surface area contributed by atoms with Gasteiger partial charge < -0.3 is 15.2 Å². The van der Waals surface area contributed by atoms with Crippen molar-refractivity contribution < 1.29 is 19.4 Å². The molecular formula is C14H14N2O4. The van der Waals surface area contributed by atoms with Crippen molar-refractivity contribution >= 4 is 22.6 Å². The summed E-state index contributed by atoms with van der Waals surface area (Å²) in [5, 5.41) is 12.8. The van der Waals surface area contributed by atoms with Crippen LogP contribution >= 0.6 is 0 Å². The van der Waals surface area contributed by atoms with E-state index < -0.39 is 17.9 Å². The predicted molar refractivity (Wildman–Crippen MR) is 72.5 cm³/mol. The fourth-order valence-electron chi connectivity index (χ4n) is 1.71. The highest BCUT2D eigenvalue weighted by Crippen LogP contribution is 2.24. The molecule has 0 radical (unpaired) electrons. The van der Waals surface area contributed by atoms with Crippen molar-refractivity contribution in [2.45, 2.75) is 13.0 Å². The summed E-state index contributed by atoms with van der Waals surface area (Å²) in [6.45, 7) is 1.16. The predicted octanol–water partition coefficient (Wildman–Crippen LogP) is 1.20.